The summed E-state index contributed by atoms with van der Waals surface area (Å²) in [5.41, 5.74) is 0.898. The number of nitrogens with zero attached hydrogens (tertiary/aromatic N) is 2. The summed E-state index contributed by atoms with van der Waals surface area (Å²) >= 11 is 0. The largest absolute Gasteiger partial charge is 0.377 e. The van der Waals surface area contributed by atoms with E-state index in [2.05, 4.69) is 0 Å². The number of carbonyl (C=O) groups excluding carboxylic acids is 1. The third kappa shape index (κ3) is 3.07. The quantitative estimate of drug-likeness (QED) is 0.645. The number of amides is 1. The van der Waals surface area contributed by atoms with Gasteiger partial charge in [0.15, 0.2) is 0 Å². The number of carbonyl (C=O) groups is 1. The number of morpholine rings is 1. The third-order valence-electron chi connectivity index (χ3n) is 3.90. The highest BCUT2D eigenvalue weighted by atomic mass is 16.6. The molecule has 1 saturated heterocycles. The van der Waals surface area contributed by atoms with Crippen LogP contribution >= 0.6 is 0 Å². The second-order valence-corrected chi connectivity index (χ2v) is 5.27. The Morgan fingerprint density at radius 3 is 2.57 bits per heavy atom. The first-order valence-electron chi connectivity index (χ1n) is 7.35. The molecule has 0 spiro atoms. The number of ether oxygens (including phenoxy) is 1. The molecule has 0 saturated carbocycles. The van der Waals surface area contributed by atoms with Gasteiger partial charge in [0.25, 0.3) is 11.6 Å². The Kier molecular flexibility index (Phi) is 4.34. The zero-order valence-corrected chi connectivity index (χ0v) is 12.4. The molecule has 0 bridgehead atoms. The van der Waals surface area contributed by atoms with Gasteiger partial charge in [0.1, 0.15) is 5.56 Å². The van der Waals surface area contributed by atoms with Gasteiger partial charge in [-0.15, -0.1) is 0 Å². The summed E-state index contributed by atoms with van der Waals surface area (Å²) in [6.45, 7) is 1.22. The van der Waals surface area contributed by atoms with Crippen molar-refractivity contribution in [3.63, 3.8) is 0 Å². The van der Waals surface area contributed by atoms with Crippen LogP contribution in [0.25, 0.3) is 0 Å². The van der Waals surface area contributed by atoms with Crippen molar-refractivity contribution in [1.29, 1.82) is 0 Å². The van der Waals surface area contributed by atoms with Gasteiger partial charge in [-0.25, -0.2) is 0 Å². The van der Waals surface area contributed by atoms with Crippen molar-refractivity contribution in [2.24, 2.45) is 0 Å². The van der Waals surface area contributed by atoms with E-state index in [1.165, 1.54) is 12.1 Å². The molecule has 0 aromatic heterocycles. The van der Waals surface area contributed by atoms with Gasteiger partial charge < -0.3 is 9.64 Å². The molecule has 3 rings (SSSR count). The van der Waals surface area contributed by atoms with E-state index in [9.17, 15) is 14.9 Å². The number of hydrogen-bond donors (Lipinski definition) is 0. The maximum Gasteiger partial charge on any atom is 0.282 e. The minimum absolute atomic E-state index is 0.111. The average Bonchev–Trinajstić information content (AvgIpc) is 2.62. The van der Waals surface area contributed by atoms with E-state index in [0.717, 1.165) is 5.56 Å². The molecule has 2 aromatic rings. The van der Waals surface area contributed by atoms with Gasteiger partial charge in [-0.2, -0.15) is 0 Å². The molecule has 1 atom stereocenters. The molecule has 1 aliphatic heterocycles. The van der Waals surface area contributed by atoms with E-state index in [4.69, 9.17) is 4.74 Å². The normalized spacial score (nSPS) is 17.7. The average molecular weight is 312 g/mol. The predicted molar refractivity (Wildman–Crippen MR) is 84.1 cm³/mol. The molecule has 1 fully saturated rings. The van der Waals surface area contributed by atoms with Crippen LogP contribution in [0.5, 0.6) is 0 Å². The molecule has 118 valence electrons. The van der Waals surface area contributed by atoms with Gasteiger partial charge in [0.2, 0.25) is 0 Å². The van der Waals surface area contributed by atoms with Crippen molar-refractivity contribution in [2.45, 2.75) is 6.04 Å². The van der Waals surface area contributed by atoms with E-state index in [0.29, 0.717) is 19.8 Å². The summed E-state index contributed by atoms with van der Waals surface area (Å²) < 4.78 is 5.50. The Labute approximate surface area is 133 Å². The number of rotatable bonds is 3. The third-order valence-corrected chi connectivity index (χ3v) is 3.90. The zero-order chi connectivity index (χ0) is 16.2. The van der Waals surface area contributed by atoms with Gasteiger partial charge in [0, 0.05) is 12.6 Å². The monoisotopic (exact) mass is 312 g/mol. The molecule has 0 aliphatic carbocycles. The smallest absolute Gasteiger partial charge is 0.282 e. The number of nitro groups is 1. The minimum atomic E-state index is -0.523. The number of nitro benzene ring substituents is 1. The summed E-state index contributed by atoms with van der Waals surface area (Å²) in [5.74, 6) is -0.338. The van der Waals surface area contributed by atoms with E-state index in [1.807, 2.05) is 30.3 Å². The van der Waals surface area contributed by atoms with E-state index in [-0.39, 0.29) is 23.2 Å². The van der Waals surface area contributed by atoms with Crippen molar-refractivity contribution >= 4 is 11.6 Å². The topological polar surface area (TPSA) is 72.7 Å². The summed E-state index contributed by atoms with van der Waals surface area (Å²) in [7, 11) is 0. The summed E-state index contributed by atoms with van der Waals surface area (Å²) in [5, 5.41) is 11.2. The predicted octanol–water partition coefficient (Wildman–Crippen LogP) is 2.81. The van der Waals surface area contributed by atoms with E-state index in [1.54, 1.807) is 17.0 Å². The summed E-state index contributed by atoms with van der Waals surface area (Å²) in [6.07, 6.45) is 0. The first kappa shape index (κ1) is 15.2. The van der Waals surface area contributed by atoms with Gasteiger partial charge in [0.05, 0.1) is 24.2 Å². The van der Waals surface area contributed by atoms with E-state index < -0.39 is 4.92 Å². The van der Waals surface area contributed by atoms with Crippen molar-refractivity contribution in [2.75, 3.05) is 19.8 Å². The van der Waals surface area contributed by atoms with Crippen LogP contribution in [0.4, 0.5) is 5.69 Å². The lowest BCUT2D eigenvalue weighted by Crippen LogP contribution is -2.43. The molecular formula is C17H16N2O4. The Bertz CT molecular complexity index is 718. The second kappa shape index (κ2) is 6.58. The Balaban J connectivity index is 1.95. The highest BCUT2D eigenvalue weighted by Gasteiger charge is 2.32. The van der Waals surface area contributed by atoms with Crippen molar-refractivity contribution in [1.82, 2.24) is 4.90 Å². The highest BCUT2D eigenvalue weighted by molar-refractivity contribution is 5.98. The molecule has 0 radical (unpaired) electrons. The lowest BCUT2D eigenvalue weighted by atomic mass is 10.0. The fraction of sp³-hybridized carbons (Fsp3) is 0.235. The Morgan fingerprint density at radius 1 is 1.13 bits per heavy atom. The van der Waals surface area contributed by atoms with Crippen LogP contribution in [0.3, 0.4) is 0 Å². The van der Waals surface area contributed by atoms with Gasteiger partial charge in [-0.3, -0.25) is 14.9 Å². The van der Waals surface area contributed by atoms with Crippen LogP contribution in [0, 0.1) is 10.1 Å². The Morgan fingerprint density at radius 2 is 1.83 bits per heavy atom. The van der Waals surface area contributed by atoms with E-state index >= 15 is 0 Å². The minimum Gasteiger partial charge on any atom is -0.377 e. The molecule has 1 amide bonds. The molecule has 0 N–H and O–H groups in total. The standard InChI is InChI=1S/C17H16N2O4/c20-17(14-8-4-5-9-15(14)19(21)22)18-10-11-23-12-16(18)13-6-2-1-3-7-13/h1-9,16H,10-12H2/t16-/m0/s1. The molecule has 6 heteroatoms. The molecule has 6 nitrogen and oxygen atoms in total. The summed E-state index contributed by atoms with van der Waals surface area (Å²) in [4.78, 5) is 25.2. The van der Waals surface area contributed by atoms with Crippen molar-refractivity contribution < 1.29 is 14.5 Å². The molecular weight excluding hydrogens is 296 g/mol. The molecule has 23 heavy (non-hydrogen) atoms. The first-order valence-corrected chi connectivity index (χ1v) is 7.35. The van der Waals surface area contributed by atoms with Gasteiger partial charge >= 0.3 is 0 Å². The van der Waals surface area contributed by atoms with Crippen LogP contribution in [0.2, 0.25) is 0 Å². The summed E-state index contributed by atoms with van der Waals surface area (Å²) in [6, 6.07) is 15.4. The van der Waals surface area contributed by atoms with Crippen LogP contribution in [0.1, 0.15) is 22.0 Å². The SMILES string of the molecule is O=C(c1ccccc1[N+](=O)[O-])N1CCOC[C@H]1c1ccccc1. The number of benzene rings is 2. The van der Waals surface area contributed by atoms with Crippen LogP contribution in [0.15, 0.2) is 54.6 Å². The van der Waals surface area contributed by atoms with Crippen LogP contribution < -0.4 is 0 Å². The molecule has 1 aliphatic rings. The molecule has 2 aromatic carbocycles. The van der Waals surface area contributed by atoms with Gasteiger partial charge in [-0.1, -0.05) is 42.5 Å². The highest BCUT2D eigenvalue weighted by Crippen LogP contribution is 2.28. The maximum absolute atomic E-state index is 12.9. The van der Waals surface area contributed by atoms with Crippen molar-refractivity contribution in [3.05, 3.63) is 75.8 Å². The lowest BCUT2D eigenvalue weighted by Gasteiger charge is -2.35. The maximum atomic E-state index is 12.9. The second-order valence-electron chi connectivity index (χ2n) is 5.27. The first-order chi connectivity index (χ1) is 11.2. The fourth-order valence-electron chi connectivity index (χ4n) is 2.77. The molecule has 0 unspecified atom stereocenters. The number of para-hydroxylation sites is 1. The Hall–Kier alpha value is -2.73. The number of hydrogen-bond acceptors (Lipinski definition) is 4. The molecule has 1 heterocycles. The fourth-order valence-corrected chi connectivity index (χ4v) is 2.77. The van der Waals surface area contributed by atoms with Crippen LogP contribution in [-0.2, 0) is 4.74 Å². The van der Waals surface area contributed by atoms with Gasteiger partial charge in [-0.05, 0) is 11.6 Å². The lowest BCUT2D eigenvalue weighted by molar-refractivity contribution is -0.385. The van der Waals surface area contributed by atoms with Crippen molar-refractivity contribution in [3.8, 4) is 0 Å². The zero-order valence-electron chi connectivity index (χ0n) is 12.4. The van der Waals surface area contributed by atoms with Crippen LogP contribution in [-0.4, -0.2) is 35.5 Å².